The Labute approximate surface area is 147 Å². The molecule has 0 aromatic heterocycles. The smallest absolute Gasteiger partial charge is 0.414 e. The van der Waals surface area contributed by atoms with Crippen molar-refractivity contribution in [3.05, 3.63) is 29.8 Å². The fourth-order valence-electron chi connectivity index (χ4n) is 3.32. The molecule has 0 unspecified atom stereocenters. The Kier molecular flexibility index (Phi) is 4.99. The van der Waals surface area contributed by atoms with E-state index in [-0.39, 0.29) is 36.0 Å². The Morgan fingerprint density at radius 2 is 1.88 bits per heavy atom. The first-order valence-electron chi connectivity index (χ1n) is 8.36. The third-order valence-corrected chi connectivity index (χ3v) is 6.46. The molecule has 0 bridgehead atoms. The average Bonchev–Trinajstić information content (AvgIpc) is 2.94. The van der Waals surface area contributed by atoms with Crippen molar-refractivity contribution < 1.29 is 22.7 Å². The summed E-state index contributed by atoms with van der Waals surface area (Å²) < 4.78 is 28.2. The van der Waals surface area contributed by atoms with Crippen LogP contribution in [-0.4, -0.2) is 51.1 Å². The summed E-state index contributed by atoms with van der Waals surface area (Å²) in [4.78, 5) is 24.7. The molecular weight excluding hydrogens is 344 g/mol. The van der Waals surface area contributed by atoms with Crippen LogP contribution in [0.15, 0.2) is 24.3 Å². The first kappa shape index (κ1) is 17.7. The Morgan fingerprint density at radius 1 is 1.24 bits per heavy atom. The van der Waals surface area contributed by atoms with E-state index in [4.69, 9.17) is 4.74 Å². The Morgan fingerprint density at radius 3 is 2.48 bits per heavy atom. The molecule has 1 aromatic carbocycles. The second kappa shape index (κ2) is 7.03. The van der Waals surface area contributed by atoms with Gasteiger partial charge in [-0.1, -0.05) is 12.1 Å². The summed E-state index contributed by atoms with van der Waals surface area (Å²) in [6.45, 7) is 2.01. The van der Waals surface area contributed by atoms with Gasteiger partial charge in [-0.15, -0.1) is 0 Å². The number of anilines is 1. The number of hydrogen-bond donors (Lipinski definition) is 1. The molecule has 0 saturated carbocycles. The van der Waals surface area contributed by atoms with Crippen molar-refractivity contribution in [2.75, 3.05) is 29.6 Å². The van der Waals surface area contributed by atoms with Gasteiger partial charge in [-0.3, -0.25) is 9.69 Å². The third kappa shape index (κ3) is 4.12. The van der Waals surface area contributed by atoms with E-state index in [0.29, 0.717) is 25.1 Å². The van der Waals surface area contributed by atoms with Crippen LogP contribution in [0, 0.1) is 0 Å². The topological polar surface area (TPSA) is 92.8 Å². The summed E-state index contributed by atoms with van der Waals surface area (Å²) >= 11 is 0. The van der Waals surface area contributed by atoms with Gasteiger partial charge < -0.3 is 10.1 Å². The zero-order chi connectivity index (χ0) is 18.0. The summed E-state index contributed by atoms with van der Waals surface area (Å²) in [6, 6.07) is 7.36. The Hall–Kier alpha value is -2.09. The molecule has 0 spiro atoms. The zero-order valence-corrected chi connectivity index (χ0v) is 14.9. The van der Waals surface area contributed by atoms with Gasteiger partial charge in [0.1, 0.15) is 16.4 Å². The number of nitrogens with zero attached hydrogens (tertiary/aromatic N) is 1. The SMILES string of the molecule is CC(=O)NC[C@H]1COC(=O)N1c1ccc(C2CCS(=O)(=O)CC2)cc1. The van der Waals surface area contributed by atoms with Gasteiger partial charge in [-0.25, -0.2) is 13.2 Å². The lowest BCUT2D eigenvalue weighted by Crippen LogP contribution is -2.42. The van der Waals surface area contributed by atoms with Crippen LogP contribution in [0.25, 0.3) is 0 Å². The lowest BCUT2D eigenvalue weighted by Gasteiger charge is -2.24. The van der Waals surface area contributed by atoms with Gasteiger partial charge in [0.25, 0.3) is 0 Å². The van der Waals surface area contributed by atoms with Gasteiger partial charge in [-0.05, 0) is 36.5 Å². The average molecular weight is 366 g/mol. The highest BCUT2D eigenvalue weighted by Crippen LogP contribution is 2.31. The van der Waals surface area contributed by atoms with Gasteiger partial charge in [0.2, 0.25) is 5.91 Å². The minimum absolute atomic E-state index is 0.151. The molecular formula is C17H22N2O5S. The molecule has 1 atom stereocenters. The van der Waals surface area contributed by atoms with E-state index < -0.39 is 15.9 Å². The molecule has 136 valence electrons. The van der Waals surface area contributed by atoms with E-state index in [1.165, 1.54) is 6.92 Å². The molecule has 2 aliphatic rings. The second-order valence-electron chi connectivity index (χ2n) is 6.56. The van der Waals surface area contributed by atoms with Crippen LogP contribution < -0.4 is 10.2 Å². The molecule has 2 heterocycles. The fraction of sp³-hybridized carbons (Fsp3) is 0.529. The number of rotatable bonds is 4. The zero-order valence-electron chi connectivity index (χ0n) is 14.1. The number of benzene rings is 1. The fourth-order valence-corrected chi connectivity index (χ4v) is 4.81. The molecule has 25 heavy (non-hydrogen) atoms. The van der Waals surface area contributed by atoms with Crippen LogP contribution in [0.2, 0.25) is 0 Å². The van der Waals surface area contributed by atoms with Crippen molar-refractivity contribution >= 4 is 27.5 Å². The number of hydrogen-bond acceptors (Lipinski definition) is 5. The standard InChI is InChI=1S/C17H22N2O5S/c1-12(20)18-10-16-11-24-17(21)19(16)15-4-2-13(3-5-15)14-6-8-25(22,23)9-7-14/h2-5,14,16H,6-11H2,1H3,(H,18,20)/t16-/m0/s1. The molecule has 2 amide bonds. The first-order valence-corrected chi connectivity index (χ1v) is 10.2. The third-order valence-electron chi connectivity index (χ3n) is 4.74. The summed E-state index contributed by atoms with van der Waals surface area (Å²) in [6.07, 6.45) is 0.851. The van der Waals surface area contributed by atoms with Crippen LogP contribution in [0.3, 0.4) is 0 Å². The van der Waals surface area contributed by atoms with Crippen molar-refractivity contribution in [2.45, 2.75) is 31.7 Å². The van der Waals surface area contributed by atoms with E-state index in [2.05, 4.69) is 5.32 Å². The van der Waals surface area contributed by atoms with Crippen molar-refractivity contribution in [2.24, 2.45) is 0 Å². The molecule has 3 rings (SSSR count). The van der Waals surface area contributed by atoms with Crippen molar-refractivity contribution in [3.8, 4) is 0 Å². The quantitative estimate of drug-likeness (QED) is 0.870. The van der Waals surface area contributed by atoms with Gasteiger partial charge in [-0.2, -0.15) is 0 Å². The summed E-state index contributed by atoms with van der Waals surface area (Å²) in [5.41, 5.74) is 1.80. The largest absolute Gasteiger partial charge is 0.447 e. The van der Waals surface area contributed by atoms with E-state index in [1.807, 2.05) is 24.3 Å². The highest BCUT2D eigenvalue weighted by Gasteiger charge is 2.34. The number of cyclic esters (lactones) is 1. The number of sulfone groups is 1. The molecule has 1 aromatic rings. The van der Waals surface area contributed by atoms with Gasteiger partial charge >= 0.3 is 6.09 Å². The predicted molar refractivity (Wildman–Crippen MR) is 93.4 cm³/mol. The van der Waals surface area contributed by atoms with Crippen LogP contribution >= 0.6 is 0 Å². The summed E-state index contributed by atoms with van der Waals surface area (Å²) in [7, 11) is -2.88. The molecule has 7 nitrogen and oxygen atoms in total. The Balaban J connectivity index is 1.70. The number of carbonyl (C=O) groups excluding carboxylic acids is 2. The van der Waals surface area contributed by atoms with Crippen LogP contribution in [0.1, 0.15) is 31.2 Å². The lowest BCUT2D eigenvalue weighted by molar-refractivity contribution is -0.119. The number of ether oxygens (including phenoxy) is 1. The first-order chi connectivity index (χ1) is 11.9. The lowest BCUT2D eigenvalue weighted by atomic mass is 9.93. The van der Waals surface area contributed by atoms with E-state index in [9.17, 15) is 18.0 Å². The molecule has 0 radical (unpaired) electrons. The second-order valence-corrected chi connectivity index (χ2v) is 8.86. The molecule has 1 N–H and O–H groups in total. The molecule has 2 aliphatic heterocycles. The highest BCUT2D eigenvalue weighted by atomic mass is 32.2. The predicted octanol–water partition coefficient (Wildman–Crippen LogP) is 1.44. The van der Waals surface area contributed by atoms with Crippen LogP contribution in [0.4, 0.5) is 10.5 Å². The number of nitrogens with one attached hydrogen (secondary N) is 1. The van der Waals surface area contributed by atoms with E-state index in [1.54, 1.807) is 4.90 Å². The van der Waals surface area contributed by atoms with Crippen molar-refractivity contribution in [3.63, 3.8) is 0 Å². The summed E-state index contributed by atoms with van der Waals surface area (Å²) in [5.74, 6) is 0.549. The molecule has 2 fully saturated rings. The van der Waals surface area contributed by atoms with Gasteiger partial charge in [0.15, 0.2) is 0 Å². The van der Waals surface area contributed by atoms with Crippen LogP contribution in [0.5, 0.6) is 0 Å². The van der Waals surface area contributed by atoms with Crippen LogP contribution in [-0.2, 0) is 19.4 Å². The van der Waals surface area contributed by atoms with Gasteiger partial charge in [0.05, 0.1) is 17.5 Å². The summed E-state index contributed by atoms with van der Waals surface area (Å²) in [5, 5.41) is 2.71. The number of amides is 2. The highest BCUT2D eigenvalue weighted by molar-refractivity contribution is 7.91. The van der Waals surface area contributed by atoms with Crippen molar-refractivity contribution in [1.29, 1.82) is 0 Å². The maximum absolute atomic E-state index is 12.0. The molecule has 8 heteroatoms. The number of carbonyl (C=O) groups is 2. The molecule has 0 aliphatic carbocycles. The normalized spacial score (nSPS) is 23.3. The maximum Gasteiger partial charge on any atom is 0.414 e. The Bertz CT molecular complexity index is 746. The van der Waals surface area contributed by atoms with Gasteiger partial charge in [0, 0.05) is 19.2 Å². The minimum atomic E-state index is -2.88. The van der Waals surface area contributed by atoms with Crippen molar-refractivity contribution in [1.82, 2.24) is 5.32 Å². The van der Waals surface area contributed by atoms with E-state index >= 15 is 0 Å². The molecule has 2 saturated heterocycles. The monoisotopic (exact) mass is 366 g/mol. The van der Waals surface area contributed by atoms with E-state index in [0.717, 1.165) is 5.56 Å². The maximum atomic E-state index is 12.0. The minimum Gasteiger partial charge on any atom is -0.447 e.